The zero-order chi connectivity index (χ0) is 27.8. The number of aromatic nitrogens is 2. The SMILES string of the molecule is C=O.CCCC1CC1.Cc1cccc(-c2ccc(OCCN3CCC(O)CC3)c3[nH]c4ncc(C)cc4c23)c1. The minimum absolute atomic E-state index is 0.145. The van der Waals surface area contributed by atoms with Gasteiger partial charge in [-0.15, -0.1) is 0 Å². The van der Waals surface area contributed by atoms with Crippen LogP contribution in [0.25, 0.3) is 33.1 Å². The van der Waals surface area contributed by atoms with Crippen LogP contribution in [0.15, 0.2) is 48.7 Å². The zero-order valence-electron chi connectivity index (χ0n) is 23.7. The summed E-state index contributed by atoms with van der Waals surface area (Å²) in [6.45, 7) is 11.8. The highest BCUT2D eigenvalue weighted by Gasteiger charge is 2.19. The average molecular weight is 530 g/mol. The van der Waals surface area contributed by atoms with Gasteiger partial charge < -0.3 is 19.6 Å². The van der Waals surface area contributed by atoms with Crippen molar-refractivity contribution in [1.29, 1.82) is 0 Å². The van der Waals surface area contributed by atoms with Crippen LogP contribution in [-0.2, 0) is 4.79 Å². The molecular weight excluding hydrogens is 486 g/mol. The molecule has 39 heavy (non-hydrogen) atoms. The molecule has 0 atom stereocenters. The van der Waals surface area contributed by atoms with E-state index in [1.165, 1.54) is 42.4 Å². The lowest BCUT2D eigenvalue weighted by Crippen LogP contribution is -2.38. The number of hydrogen-bond acceptors (Lipinski definition) is 5. The van der Waals surface area contributed by atoms with Gasteiger partial charge in [0.15, 0.2) is 0 Å². The topological polar surface area (TPSA) is 78.5 Å². The number of benzene rings is 2. The number of aromatic amines is 1. The van der Waals surface area contributed by atoms with Crippen molar-refractivity contribution in [2.45, 2.75) is 65.4 Å². The van der Waals surface area contributed by atoms with Crippen LogP contribution < -0.4 is 4.74 Å². The third-order valence-corrected chi connectivity index (χ3v) is 7.65. The number of likely N-dealkylation sites (tertiary alicyclic amines) is 1. The van der Waals surface area contributed by atoms with Gasteiger partial charge in [-0.05, 0) is 67.5 Å². The summed E-state index contributed by atoms with van der Waals surface area (Å²) in [5.41, 5.74) is 6.66. The normalized spacial score (nSPS) is 15.9. The van der Waals surface area contributed by atoms with E-state index in [0.717, 1.165) is 71.6 Å². The first-order chi connectivity index (χ1) is 19.0. The zero-order valence-corrected chi connectivity index (χ0v) is 23.7. The standard InChI is InChI=1S/C26H29N3O2.C6H12.CH2O/c1-17-4-3-5-19(14-17)21-6-7-23(31-13-12-29-10-8-20(30)9-11-29)25-24(21)22-15-18(2)16-27-26(22)28-25;1-2-3-6-4-5-6;1-2/h3-7,14-16,20,30H,8-13H2,1-2H3,(H,27,28);6H,2-5H2,1H3;1H2. The van der Waals surface area contributed by atoms with Crippen LogP contribution in [0, 0.1) is 19.8 Å². The number of piperidine rings is 1. The van der Waals surface area contributed by atoms with Crippen molar-refractivity contribution in [3.8, 4) is 16.9 Å². The van der Waals surface area contributed by atoms with Gasteiger partial charge in [-0.1, -0.05) is 62.4 Å². The molecule has 6 nitrogen and oxygen atoms in total. The highest BCUT2D eigenvalue weighted by atomic mass is 16.5. The molecule has 2 N–H and O–H groups in total. The molecule has 1 saturated carbocycles. The van der Waals surface area contributed by atoms with Gasteiger partial charge in [0.1, 0.15) is 24.8 Å². The van der Waals surface area contributed by atoms with Gasteiger partial charge in [0.2, 0.25) is 0 Å². The van der Waals surface area contributed by atoms with Crippen molar-refractivity contribution in [2.75, 3.05) is 26.2 Å². The molecule has 0 spiro atoms. The molecule has 1 aliphatic carbocycles. The Morgan fingerprint density at radius 2 is 1.82 bits per heavy atom. The molecule has 3 heterocycles. The van der Waals surface area contributed by atoms with E-state index in [2.05, 4.69) is 78.1 Å². The molecule has 1 saturated heterocycles. The Morgan fingerprint density at radius 1 is 1.05 bits per heavy atom. The highest BCUT2D eigenvalue weighted by molar-refractivity contribution is 6.15. The van der Waals surface area contributed by atoms with Gasteiger partial charge >= 0.3 is 0 Å². The number of aliphatic hydroxyl groups is 1. The summed E-state index contributed by atoms with van der Waals surface area (Å²) in [7, 11) is 0. The molecule has 0 unspecified atom stereocenters. The quantitative estimate of drug-likeness (QED) is 0.274. The van der Waals surface area contributed by atoms with Crippen molar-refractivity contribution in [2.24, 2.45) is 5.92 Å². The first kappa shape index (κ1) is 28.8. The summed E-state index contributed by atoms with van der Waals surface area (Å²) >= 11 is 0. The monoisotopic (exact) mass is 529 g/mol. The van der Waals surface area contributed by atoms with Crippen molar-refractivity contribution >= 4 is 28.7 Å². The molecule has 6 heteroatoms. The first-order valence-electron chi connectivity index (χ1n) is 14.3. The second-order valence-corrected chi connectivity index (χ2v) is 10.9. The minimum atomic E-state index is -0.145. The molecule has 4 aromatic rings. The number of nitrogens with one attached hydrogen (secondary N) is 1. The smallest absolute Gasteiger partial charge is 0.143 e. The van der Waals surface area contributed by atoms with Gasteiger partial charge in [0, 0.05) is 36.6 Å². The third-order valence-electron chi connectivity index (χ3n) is 7.65. The van der Waals surface area contributed by atoms with Gasteiger partial charge in [-0.25, -0.2) is 4.98 Å². The van der Waals surface area contributed by atoms with E-state index in [0.29, 0.717) is 6.61 Å². The highest BCUT2D eigenvalue weighted by Crippen LogP contribution is 2.39. The molecule has 0 radical (unpaired) electrons. The molecule has 2 aliphatic rings. The number of carbonyl (C=O) groups is 1. The fourth-order valence-electron chi connectivity index (χ4n) is 5.38. The van der Waals surface area contributed by atoms with Gasteiger partial charge in [-0.2, -0.15) is 0 Å². The summed E-state index contributed by atoms with van der Waals surface area (Å²) in [5, 5.41) is 12.0. The number of aliphatic hydroxyl groups excluding tert-OH is 1. The van der Waals surface area contributed by atoms with Gasteiger partial charge in [-0.3, -0.25) is 4.90 Å². The number of H-pyrrole nitrogens is 1. The van der Waals surface area contributed by atoms with Gasteiger partial charge in [0.25, 0.3) is 0 Å². The predicted molar refractivity (Wildman–Crippen MR) is 160 cm³/mol. The van der Waals surface area contributed by atoms with Crippen LogP contribution in [0.2, 0.25) is 0 Å². The lowest BCUT2D eigenvalue weighted by Gasteiger charge is -2.29. The second-order valence-electron chi connectivity index (χ2n) is 10.9. The maximum Gasteiger partial charge on any atom is 0.143 e. The molecule has 1 aliphatic heterocycles. The summed E-state index contributed by atoms with van der Waals surface area (Å²) in [4.78, 5) is 18.5. The van der Waals surface area contributed by atoms with Crippen LogP contribution in [0.5, 0.6) is 5.75 Å². The average Bonchev–Trinajstić information content (AvgIpc) is 3.69. The molecule has 208 valence electrons. The Balaban J connectivity index is 0.000000385. The molecule has 0 amide bonds. The summed E-state index contributed by atoms with van der Waals surface area (Å²) in [5.74, 6) is 2.01. The largest absolute Gasteiger partial charge is 0.490 e. The Kier molecular flexibility index (Phi) is 10.1. The van der Waals surface area contributed by atoms with E-state index in [4.69, 9.17) is 9.53 Å². The van der Waals surface area contributed by atoms with E-state index < -0.39 is 0 Å². The van der Waals surface area contributed by atoms with Crippen molar-refractivity contribution in [3.63, 3.8) is 0 Å². The number of aryl methyl sites for hydroxylation is 2. The van der Waals surface area contributed by atoms with E-state index in [9.17, 15) is 5.11 Å². The summed E-state index contributed by atoms with van der Waals surface area (Å²) < 4.78 is 6.26. The molecule has 2 fully saturated rings. The number of carbonyl (C=O) groups excluding carboxylic acids is 1. The van der Waals surface area contributed by atoms with Crippen LogP contribution in [0.4, 0.5) is 0 Å². The maximum atomic E-state index is 9.71. The van der Waals surface area contributed by atoms with Crippen LogP contribution in [0.3, 0.4) is 0 Å². The van der Waals surface area contributed by atoms with E-state index in [1.807, 2.05) is 13.0 Å². The fraction of sp³-hybridized carbons (Fsp3) is 0.455. The lowest BCUT2D eigenvalue weighted by atomic mass is 9.98. The minimum Gasteiger partial charge on any atom is -0.490 e. The molecule has 2 aromatic carbocycles. The van der Waals surface area contributed by atoms with E-state index >= 15 is 0 Å². The molecular formula is C33H43N3O3. The van der Waals surface area contributed by atoms with Crippen molar-refractivity contribution in [1.82, 2.24) is 14.9 Å². The predicted octanol–water partition coefficient (Wildman–Crippen LogP) is 6.85. The van der Waals surface area contributed by atoms with Crippen LogP contribution in [0.1, 0.15) is 56.6 Å². The molecule has 2 aromatic heterocycles. The summed E-state index contributed by atoms with van der Waals surface area (Å²) in [6, 6.07) is 15.1. The Morgan fingerprint density at radius 3 is 2.49 bits per heavy atom. The lowest BCUT2D eigenvalue weighted by molar-refractivity contribution is -0.0980. The number of fused-ring (bicyclic) bond motifs is 3. The summed E-state index contributed by atoms with van der Waals surface area (Å²) in [6.07, 6.45) is 9.38. The maximum absolute atomic E-state index is 9.71. The fourth-order valence-corrected chi connectivity index (χ4v) is 5.38. The molecule has 6 rings (SSSR count). The van der Waals surface area contributed by atoms with Crippen LogP contribution >= 0.6 is 0 Å². The molecule has 0 bridgehead atoms. The van der Waals surface area contributed by atoms with Crippen LogP contribution in [-0.4, -0.2) is 59.1 Å². The number of rotatable bonds is 7. The van der Waals surface area contributed by atoms with E-state index in [1.54, 1.807) is 0 Å². The third kappa shape index (κ3) is 7.46. The number of nitrogens with zero attached hydrogens (tertiary/aromatic N) is 2. The number of ether oxygens (including phenoxy) is 1. The Labute approximate surface area is 232 Å². The number of hydrogen-bond donors (Lipinski definition) is 2. The number of pyridine rings is 1. The first-order valence-corrected chi connectivity index (χ1v) is 14.3. The Hall–Kier alpha value is -3.22. The van der Waals surface area contributed by atoms with E-state index in [-0.39, 0.29) is 6.10 Å². The Bertz CT molecular complexity index is 1350. The second kappa shape index (κ2) is 13.7. The van der Waals surface area contributed by atoms with Crippen molar-refractivity contribution < 1.29 is 14.6 Å². The van der Waals surface area contributed by atoms with Crippen molar-refractivity contribution in [3.05, 3.63) is 59.8 Å². The van der Waals surface area contributed by atoms with Gasteiger partial charge in [0.05, 0.1) is 11.6 Å².